The number of hydrazine groups is 1. The molecule has 1 N–H and O–H groups in total. The summed E-state index contributed by atoms with van der Waals surface area (Å²) < 4.78 is 5.16. The summed E-state index contributed by atoms with van der Waals surface area (Å²) in [5, 5.41) is 0.666. The van der Waals surface area contributed by atoms with Crippen molar-refractivity contribution in [2.24, 2.45) is 5.92 Å². The summed E-state index contributed by atoms with van der Waals surface area (Å²) in [4.78, 5) is 57.3. The normalized spacial score (nSPS) is 16.7. The van der Waals surface area contributed by atoms with Crippen molar-refractivity contribution >= 4 is 23.9 Å². The van der Waals surface area contributed by atoms with Gasteiger partial charge >= 0.3 is 12.1 Å². The smallest absolute Gasteiger partial charge is 0.426 e. The Morgan fingerprint density at radius 2 is 1.79 bits per heavy atom. The molecule has 0 aromatic rings. The van der Waals surface area contributed by atoms with Crippen LogP contribution in [0.4, 0.5) is 4.79 Å². The summed E-state index contributed by atoms with van der Waals surface area (Å²) in [5.41, 5.74) is 1.24. The largest absolute Gasteiger partial charge is 0.445 e. The minimum absolute atomic E-state index is 0.0674. The van der Waals surface area contributed by atoms with Gasteiger partial charge in [-0.15, -0.1) is 0 Å². The van der Waals surface area contributed by atoms with Gasteiger partial charge in [-0.2, -0.15) is 9.90 Å². The summed E-state index contributed by atoms with van der Waals surface area (Å²) >= 11 is 0. The van der Waals surface area contributed by atoms with Crippen LogP contribution in [0.2, 0.25) is 0 Å². The Morgan fingerprint density at radius 1 is 1.18 bits per heavy atom. The number of unbranched alkanes of at least 4 members (excludes halogenated alkanes) is 1. The molecule has 1 saturated heterocycles. The number of amides is 3. The van der Waals surface area contributed by atoms with Crippen molar-refractivity contribution in [1.29, 1.82) is 0 Å². The molecule has 3 amide bonds. The van der Waals surface area contributed by atoms with Gasteiger partial charge in [0.1, 0.15) is 11.7 Å². The van der Waals surface area contributed by atoms with Crippen molar-refractivity contribution in [1.82, 2.24) is 10.4 Å². The molecule has 28 heavy (non-hydrogen) atoms. The van der Waals surface area contributed by atoms with E-state index in [4.69, 9.17) is 14.5 Å². The third kappa shape index (κ3) is 7.84. The highest BCUT2D eigenvalue weighted by Gasteiger charge is 2.32. The average molecular weight is 400 g/mol. The second kappa shape index (κ2) is 11.0. The molecule has 0 spiro atoms. The first-order valence-electron chi connectivity index (χ1n) is 9.82. The number of ether oxygens (including phenoxy) is 1. The summed E-state index contributed by atoms with van der Waals surface area (Å²) in [5.74, 6) is -1.55. The monoisotopic (exact) mass is 400 g/mol. The molecule has 1 rings (SSSR count). The van der Waals surface area contributed by atoms with Crippen molar-refractivity contribution in [3.63, 3.8) is 0 Å². The lowest BCUT2D eigenvalue weighted by atomic mass is 10.00. The van der Waals surface area contributed by atoms with E-state index < -0.39 is 35.6 Å². The number of nitrogens with zero attached hydrogens (tertiary/aromatic N) is 1. The minimum atomic E-state index is -0.908. The third-order valence-corrected chi connectivity index (χ3v) is 4.42. The Labute approximate surface area is 165 Å². The molecule has 1 fully saturated rings. The summed E-state index contributed by atoms with van der Waals surface area (Å²) in [6.45, 7) is 9.04. The van der Waals surface area contributed by atoms with Crippen LogP contribution in [0.25, 0.3) is 0 Å². The molecule has 0 radical (unpaired) electrons. The van der Waals surface area contributed by atoms with E-state index >= 15 is 0 Å². The van der Waals surface area contributed by atoms with Gasteiger partial charge in [0, 0.05) is 19.3 Å². The highest BCUT2D eigenvalue weighted by molar-refractivity contribution is 6.02. The first kappa shape index (κ1) is 23.9. The molecule has 0 saturated carbocycles. The Bertz CT molecular complexity index is 561. The maximum atomic E-state index is 12.1. The molecule has 0 aromatic heterocycles. The summed E-state index contributed by atoms with van der Waals surface area (Å²) in [7, 11) is 0. The Kier molecular flexibility index (Phi) is 9.37. The number of rotatable bonds is 11. The van der Waals surface area contributed by atoms with Gasteiger partial charge in [0.05, 0.1) is 5.92 Å². The number of nitrogens with one attached hydrogen (secondary N) is 1. The molecule has 0 aromatic carbocycles. The predicted octanol–water partition coefficient (Wildman–Crippen LogP) is 3.03. The van der Waals surface area contributed by atoms with Gasteiger partial charge in [-0.1, -0.05) is 26.7 Å². The fourth-order valence-corrected chi connectivity index (χ4v) is 2.93. The van der Waals surface area contributed by atoms with Crippen LogP contribution in [0.15, 0.2) is 0 Å². The van der Waals surface area contributed by atoms with Crippen LogP contribution in [0, 0.1) is 5.92 Å². The number of carbonyl (C=O) groups is 4. The average Bonchev–Trinajstić information content (AvgIpc) is 2.92. The first-order valence-corrected chi connectivity index (χ1v) is 9.82. The van der Waals surface area contributed by atoms with Crippen LogP contribution in [-0.2, 0) is 28.9 Å². The lowest BCUT2D eigenvalue weighted by Crippen LogP contribution is -2.46. The van der Waals surface area contributed by atoms with E-state index in [1.807, 2.05) is 6.92 Å². The predicted molar refractivity (Wildman–Crippen MR) is 99.3 cm³/mol. The van der Waals surface area contributed by atoms with E-state index in [1.54, 1.807) is 20.8 Å². The van der Waals surface area contributed by atoms with E-state index in [0.717, 1.165) is 19.3 Å². The molecule has 1 aliphatic heterocycles. The minimum Gasteiger partial charge on any atom is -0.445 e. The zero-order chi connectivity index (χ0) is 21.3. The zero-order valence-electron chi connectivity index (χ0n) is 17.4. The number of imide groups is 1. The number of hydrogen-bond acceptors (Lipinski definition) is 7. The van der Waals surface area contributed by atoms with E-state index in [2.05, 4.69) is 12.3 Å². The van der Waals surface area contributed by atoms with Gasteiger partial charge in [0.15, 0.2) is 0 Å². The molecule has 0 aliphatic carbocycles. The van der Waals surface area contributed by atoms with Crippen molar-refractivity contribution in [3.05, 3.63) is 0 Å². The van der Waals surface area contributed by atoms with Crippen LogP contribution in [0.5, 0.6) is 0 Å². The second-order valence-corrected chi connectivity index (χ2v) is 7.65. The van der Waals surface area contributed by atoms with Crippen LogP contribution in [-0.4, -0.2) is 40.6 Å². The van der Waals surface area contributed by atoms with E-state index in [-0.39, 0.29) is 25.2 Å². The van der Waals surface area contributed by atoms with Crippen LogP contribution in [0.3, 0.4) is 0 Å². The quantitative estimate of drug-likeness (QED) is 0.322. The van der Waals surface area contributed by atoms with Gasteiger partial charge in [-0.25, -0.2) is 15.0 Å². The van der Waals surface area contributed by atoms with Gasteiger partial charge < -0.3 is 4.74 Å². The van der Waals surface area contributed by atoms with Gasteiger partial charge in [0.2, 0.25) is 11.8 Å². The fraction of sp³-hybridized carbons (Fsp3) is 0.789. The summed E-state index contributed by atoms with van der Waals surface area (Å²) in [6, 6.07) is 0. The van der Waals surface area contributed by atoms with Crippen molar-refractivity contribution in [2.45, 2.75) is 91.3 Å². The molecule has 9 nitrogen and oxygen atoms in total. The van der Waals surface area contributed by atoms with Crippen LogP contribution in [0.1, 0.15) is 79.6 Å². The first-order chi connectivity index (χ1) is 13.1. The van der Waals surface area contributed by atoms with Gasteiger partial charge in [0.25, 0.3) is 0 Å². The molecular weight excluding hydrogens is 368 g/mol. The lowest BCUT2D eigenvalue weighted by Gasteiger charge is -2.27. The molecule has 160 valence electrons. The van der Waals surface area contributed by atoms with E-state index in [0.29, 0.717) is 11.4 Å². The highest BCUT2D eigenvalue weighted by atomic mass is 17.2. The molecule has 1 aliphatic rings. The lowest BCUT2D eigenvalue weighted by molar-refractivity contribution is -0.331. The van der Waals surface area contributed by atoms with Crippen LogP contribution < -0.4 is 5.43 Å². The second-order valence-electron chi connectivity index (χ2n) is 7.65. The molecule has 2 unspecified atom stereocenters. The highest BCUT2D eigenvalue weighted by Crippen LogP contribution is 2.22. The molecule has 1 heterocycles. The van der Waals surface area contributed by atoms with Crippen LogP contribution >= 0.6 is 0 Å². The maximum Gasteiger partial charge on any atom is 0.426 e. The van der Waals surface area contributed by atoms with E-state index in [9.17, 15) is 19.2 Å². The Hall–Kier alpha value is -2.16. The number of carbonyl (C=O) groups excluding carboxylic acids is 4. The van der Waals surface area contributed by atoms with Gasteiger partial charge in [-0.3, -0.25) is 14.5 Å². The molecule has 9 heteroatoms. The molecule has 2 atom stereocenters. The molecular formula is C19H32N2O7. The summed E-state index contributed by atoms with van der Waals surface area (Å²) in [6.07, 6.45) is 2.23. The van der Waals surface area contributed by atoms with Crippen molar-refractivity contribution in [2.75, 3.05) is 0 Å². The third-order valence-electron chi connectivity index (χ3n) is 4.42. The Morgan fingerprint density at radius 3 is 2.32 bits per heavy atom. The molecule has 0 bridgehead atoms. The fourth-order valence-electron chi connectivity index (χ4n) is 2.93. The van der Waals surface area contributed by atoms with E-state index in [1.165, 1.54) is 0 Å². The maximum absolute atomic E-state index is 12.1. The van der Waals surface area contributed by atoms with Crippen molar-refractivity contribution < 1.29 is 33.7 Å². The topological polar surface area (TPSA) is 111 Å². The number of hydrogen-bond donors (Lipinski definition) is 1. The Balaban J connectivity index is 2.43. The van der Waals surface area contributed by atoms with Gasteiger partial charge in [-0.05, 0) is 33.6 Å². The standard InChI is InChI=1S/C19H32N2O7/c1-6-8-9-14(7-2)17(24)27-28-19(4,5)12-13(3)26-18(25)20-21-15(22)10-11-16(21)23/h13-14H,6-12H2,1-5H3,(H,20,25). The zero-order valence-corrected chi connectivity index (χ0v) is 17.4. The van der Waals surface area contributed by atoms with Crippen molar-refractivity contribution in [3.8, 4) is 0 Å². The SMILES string of the molecule is CCCCC(CC)C(=O)OOC(C)(C)CC(C)OC(=O)NN1C(=O)CCC1=O.